The zero-order valence-corrected chi connectivity index (χ0v) is 31.8. The molecule has 7 rings (SSSR count). The summed E-state index contributed by atoms with van der Waals surface area (Å²) in [6.45, 7) is 8.87. The van der Waals surface area contributed by atoms with Gasteiger partial charge in [-0.1, -0.05) is 159 Å². The maximum Gasteiger partial charge on any atom is 0.0522 e. The van der Waals surface area contributed by atoms with Gasteiger partial charge in [0.25, 0.3) is 0 Å². The van der Waals surface area contributed by atoms with Crippen LogP contribution in [0.15, 0.2) is 170 Å². The third-order valence-corrected chi connectivity index (χ3v) is 10.1. The van der Waals surface area contributed by atoms with Crippen molar-refractivity contribution in [2.45, 2.75) is 40.5 Å². The first kappa shape index (κ1) is 36.0. The summed E-state index contributed by atoms with van der Waals surface area (Å²) in [6.07, 6.45) is 10.8. The fraction of sp³-hybridized carbons (Fsp3) is 0.115. The average Bonchev–Trinajstić information content (AvgIpc) is 3.22. The summed E-state index contributed by atoms with van der Waals surface area (Å²) in [5.74, 6) is 0. The Labute approximate surface area is 322 Å². The summed E-state index contributed by atoms with van der Waals surface area (Å²) >= 11 is 0. The second kappa shape index (κ2) is 17.0. The molecule has 0 spiro atoms. The normalized spacial score (nSPS) is 11.3. The van der Waals surface area contributed by atoms with Crippen LogP contribution in [-0.2, 0) is 12.8 Å². The van der Waals surface area contributed by atoms with Crippen LogP contribution < -0.4 is 9.80 Å². The van der Waals surface area contributed by atoms with Crippen LogP contribution >= 0.6 is 0 Å². The van der Waals surface area contributed by atoms with Gasteiger partial charge in [-0.25, -0.2) is 0 Å². The van der Waals surface area contributed by atoms with Gasteiger partial charge in [-0.3, -0.25) is 0 Å². The number of hydrogen-bond acceptors (Lipinski definition) is 2. The lowest BCUT2D eigenvalue weighted by Gasteiger charge is -2.29. The SMILES string of the molecule is CCc1cccc(C)c1N(c1ccccc1)c1ccc(/C=C/c2ccccc2/C=C/c2ccc(N(c3ccccc3)c3c(C)cccc3CC)cc2)cc1. The molecule has 54 heavy (non-hydrogen) atoms. The van der Waals surface area contributed by atoms with E-state index in [2.05, 4.69) is 232 Å². The van der Waals surface area contributed by atoms with Crippen molar-refractivity contribution in [1.29, 1.82) is 0 Å². The summed E-state index contributed by atoms with van der Waals surface area (Å²) < 4.78 is 0. The van der Waals surface area contributed by atoms with E-state index in [0.717, 1.165) is 46.7 Å². The smallest absolute Gasteiger partial charge is 0.0522 e. The van der Waals surface area contributed by atoms with Crippen molar-refractivity contribution < 1.29 is 0 Å². The molecule has 0 fully saturated rings. The van der Waals surface area contributed by atoms with Gasteiger partial charge in [-0.2, -0.15) is 0 Å². The molecule has 7 aromatic carbocycles. The first-order chi connectivity index (χ1) is 26.5. The first-order valence-corrected chi connectivity index (χ1v) is 19.1. The molecule has 0 heterocycles. The fourth-order valence-corrected chi connectivity index (χ4v) is 7.27. The van der Waals surface area contributed by atoms with Gasteiger partial charge < -0.3 is 9.80 Å². The molecular formula is C52H48N2. The minimum absolute atomic E-state index is 0.973. The second-order valence-corrected chi connectivity index (χ2v) is 13.7. The van der Waals surface area contributed by atoms with Gasteiger partial charge in [0.2, 0.25) is 0 Å². The Kier molecular flexibility index (Phi) is 11.3. The number of nitrogens with zero attached hydrogens (tertiary/aromatic N) is 2. The van der Waals surface area contributed by atoms with Crippen LogP contribution in [0.5, 0.6) is 0 Å². The molecule has 0 bridgehead atoms. The largest absolute Gasteiger partial charge is 0.310 e. The minimum Gasteiger partial charge on any atom is -0.310 e. The molecular weight excluding hydrogens is 653 g/mol. The van der Waals surface area contributed by atoms with Gasteiger partial charge in [0.1, 0.15) is 0 Å². The Morgan fingerprint density at radius 2 is 0.704 bits per heavy atom. The molecule has 266 valence electrons. The third kappa shape index (κ3) is 7.99. The van der Waals surface area contributed by atoms with E-state index < -0.39 is 0 Å². The highest BCUT2D eigenvalue weighted by atomic mass is 15.2. The van der Waals surface area contributed by atoms with Crippen LogP contribution in [0.4, 0.5) is 34.1 Å². The zero-order chi connectivity index (χ0) is 37.3. The van der Waals surface area contributed by atoms with Gasteiger partial charge in [0, 0.05) is 22.7 Å². The number of benzene rings is 7. The van der Waals surface area contributed by atoms with Gasteiger partial charge in [0.15, 0.2) is 0 Å². The van der Waals surface area contributed by atoms with Crippen LogP contribution in [0.1, 0.15) is 58.4 Å². The molecule has 2 heteroatoms. The van der Waals surface area contributed by atoms with Gasteiger partial charge >= 0.3 is 0 Å². The van der Waals surface area contributed by atoms with E-state index in [1.807, 2.05) is 0 Å². The molecule has 2 nitrogen and oxygen atoms in total. The Bertz CT molecular complexity index is 2180. The number of para-hydroxylation sites is 4. The van der Waals surface area contributed by atoms with Crippen molar-refractivity contribution in [1.82, 2.24) is 0 Å². The Morgan fingerprint density at radius 3 is 1.07 bits per heavy atom. The minimum atomic E-state index is 0.973. The molecule has 0 N–H and O–H groups in total. The summed E-state index contributed by atoms with van der Waals surface area (Å²) in [5, 5.41) is 0. The maximum atomic E-state index is 2.39. The lowest BCUT2D eigenvalue weighted by molar-refractivity contribution is 1.10. The van der Waals surface area contributed by atoms with E-state index in [9.17, 15) is 0 Å². The van der Waals surface area contributed by atoms with Crippen molar-refractivity contribution in [3.63, 3.8) is 0 Å². The predicted octanol–water partition coefficient (Wildman–Crippen LogP) is 14.7. The molecule has 0 saturated carbocycles. The van der Waals surface area contributed by atoms with Crippen molar-refractivity contribution in [3.8, 4) is 0 Å². The summed E-state index contributed by atoms with van der Waals surface area (Å²) in [5.41, 5.74) is 17.0. The molecule has 0 aromatic heterocycles. The van der Waals surface area contributed by atoms with Gasteiger partial charge in [-0.05, 0) is 120 Å². The van der Waals surface area contributed by atoms with Gasteiger partial charge in [0.05, 0.1) is 11.4 Å². The average molecular weight is 701 g/mol. The topological polar surface area (TPSA) is 6.48 Å². The lowest BCUT2D eigenvalue weighted by Crippen LogP contribution is -2.13. The number of aryl methyl sites for hydroxylation is 4. The molecule has 0 radical (unpaired) electrons. The van der Waals surface area contributed by atoms with Gasteiger partial charge in [-0.15, -0.1) is 0 Å². The zero-order valence-electron chi connectivity index (χ0n) is 31.8. The molecule has 0 aliphatic rings. The summed E-state index contributed by atoms with van der Waals surface area (Å²) in [6, 6.07) is 60.9. The number of rotatable bonds is 12. The molecule has 0 aliphatic carbocycles. The fourth-order valence-electron chi connectivity index (χ4n) is 7.27. The Morgan fingerprint density at radius 1 is 0.352 bits per heavy atom. The monoisotopic (exact) mass is 700 g/mol. The Hall–Kier alpha value is -6.38. The number of hydrogen-bond donors (Lipinski definition) is 0. The van der Waals surface area contributed by atoms with E-state index in [4.69, 9.17) is 0 Å². The summed E-state index contributed by atoms with van der Waals surface area (Å²) in [4.78, 5) is 4.78. The van der Waals surface area contributed by atoms with Crippen LogP contribution in [0.2, 0.25) is 0 Å². The molecule has 0 saturated heterocycles. The van der Waals surface area contributed by atoms with E-state index in [-0.39, 0.29) is 0 Å². The van der Waals surface area contributed by atoms with E-state index in [0.29, 0.717) is 0 Å². The second-order valence-electron chi connectivity index (χ2n) is 13.7. The summed E-state index contributed by atoms with van der Waals surface area (Å²) in [7, 11) is 0. The third-order valence-electron chi connectivity index (χ3n) is 10.1. The number of anilines is 6. The van der Waals surface area contributed by atoms with Crippen molar-refractivity contribution in [2.75, 3.05) is 9.80 Å². The van der Waals surface area contributed by atoms with Crippen LogP contribution in [-0.4, -0.2) is 0 Å². The van der Waals surface area contributed by atoms with Crippen LogP contribution in [0.3, 0.4) is 0 Å². The van der Waals surface area contributed by atoms with Crippen molar-refractivity contribution in [2.24, 2.45) is 0 Å². The highest BCUT2D eigenvalue weighted by Crippen LogP contribution is 2.40. The highest BCUT2D eigenvalue weighted by molar-refractivity contribution is 5.84. The quantitative estimate of drug-likeness (QED) is 0.117. The van der Waals surface area contributed by atoms with Crippen LogP contribution in [0.25, 0.3) is 24.3 Å². The van der Waals surface area contributed by atoms with Crippen molar-refractivity contribution >= 4 is 58.4 Å². The standard InChI is InChI=1S/C52H48N2/c1-5-43-21-15-17-39(3)51(43)53(47-23-9-7-10-24-47)49-35-29-41(30-36-49)27-33-45-19-13-14-20-46(45)34-28-42-31-37-50(38-32-42)54(48-25-11-8-12-26-48)52-40(4)18-16-22-44(52)6-2/h7-38H,5-6H2,1-4H3/b33-27+,34-28+. The predicted molar refractivity (Wildman–Crippen MR) is 235 cm³/mol. The first-order valence-electron chi connectivity index (χ1n) is 19.1. The molecule has 7 aromatic rings. The molecule has 0 atom stereocenters. The maximum absolute atomic E-state index is 2.39. The Balaban J connectivity index is 1.12. The van der Waals surface area contributed by atoms with E-state index >= 15 is 0 Å². The van der Waals surface area contributed by atoms with E-state index in [1.165, 1.54) is 44.8 Å². The molecule has 0 amide bonds. The highest BCUT2D eigenvalue weighted by Gasteiger charge is 2.18. The van der Waals surface area contributed by atoms with Crippen molar-refractivity contribution in [3.05, 3.63) is 214 Å². The lowest BCUT2D eigenvalue weighted by atomic mass is 10.0. The van der Waals surface area contributed by atoms with Crippen LogP contribution in [0, 0.1) is 13.8 Å². The molecule has 0 aliphatic heterocycles. The molecule has 0 unspecified atom stereocenters. The van der Waals surface area contributed by atoms with E-state index in [1.54, 1.807) is 0 Å².